The van der Waals surface area contributed by atoms with Crippen LogP contribution in [0.2, 0.25) is 0 Å². The Morgan fingerprint density at radius 2 is 2.21 bits per heavy atom. The second kappa shape index (κ2) is 6.55. The zero-order chi connectivity index (χ0) is 14.5. The number of aromatic nitrogens is 1. The first-order chi connectivity index (χ1) is 8.88. The first-order valence-corrected chi connectivity index (χ1v) is 7.22. The zero-order valence-electron chi connectivity index (χ0n) is 10.2. The molecule has 0 bridgehead atoms. The van der Waals surface area contributed by atoms with Gasteiger partial charge in [-0.3, -0.25) is 9.78 Å². The van der Waals surface area contributed by atoms with Gasteiger partial charge in [0.25, 0.3) is 0 Å². The van der Waals surface area contributed by atoms with Gasteiger partial charge in [0.1, 0.15) is 15.6 Å². The number of hydrogen-bond donors (Lipinski definition) is 3. The average Bonchev–Trinajstić information content (AvgIpc) is 2.38. The number of sulfonamides is 1. The summed E-state index contributed by atoms with van der Waals surface area (Å²) in [6, 6.07) is 2.82. The zero-order valence-corrected chi connectivity index (χ0v) is 11.8. The summed E-state index contributed by atoms with van der Waals surface area (Å²) in [7, 11) is -2.32. The van der Waals surface area contributed by atoms with Crippen LogP contribution in [0.1, 0.15) is 12.1 Å². The number of rotatable bonds is 6. The quantitative estimate of drug-likeness (QED) is 0.589. The Morgan fingerprint density at radius 3 is 2.79 bits per heavy atom. The Labute approximate surface area is 116 Å². The molecule has 1 rings (SSSR count). The van der Waals surface area contributed by atoms with Crippen LogP contribution >= 0.6 is 12.2 Å². The highest BCUT2D eigenvalue weighted by molar-refractivity contribution is 7.89. The Kier molecular flexibility index (Phi) is 5.33. The smallest absolute Gasteiger partial charge is 0.242 e. The molecule has 0 saturated carbocycles. The van der Waals surface area contributed by atoms with E-state index >= 15 is 0 Å². The number of carbonyl (C=O) groups excluding carboxylic acids is 1. The highest BCUT2D eigenvalue weighted by Crippen LogP contribution is 2.12. The number of thiocarbonyl (C=S) groups is 1. The van der Waals surface area contributed by atoms with E-state index in [4.69, 9.17) is 18.0 Å². The maximum absolute atomic E-state index is 12.0. The molecule has 0 aromatic carbocycles. The molecule has 1 amide bonds. The van der Waals surface area contributed by atoms with Gasteiger partial charge in [0.05, 0.1) is 0 Å². The molecule has 0 aliphatic carbocycles. The van der Waals surface area contributed by atoms with Gasteiger partial charge >= 0.3 is 0 Å². The Balaban J connectivity index is 2.89. The first-order valence-electron chi connectivity index (χ1n) is 5.33. The lowest BCUT2D eigenvalue weighted by molar-refractivity contribution is -0.120. The van der Waals surface area contributed by atoms with E-state index in [1.54, 1.807) is 0 Å². The topological polar surface area (TPSA) is 114 Å². The van der Waals surface area contributed by atoms with Crippen LogP contribution in [-0.2, 0) is 14.8 Å². The molecule has 7 nitrogen and oxygen atoms in total. The van der Waals surface area contributed by atoms with Crippen molar-refractivity contribution in [2.24, 2.45) is 5.73 Å². The number of amides is 1. The molecule has 0 fully saturated rings. The number of hydrogen-bond acceptors (Lipinski definition) is 5. The number of nitrogens with two attached hydrogens (primary N) is 1. The van der Waals surface area contributed by atoms with E-state index in [1.807, 2.05) is 0 Å². The second-order valence-electron chi connectivity index (χ2n) is 3.54. The van der Waals surface area contributed by atoms with Gasteiger partial charge in [0.15, 0.2) is 0 Å². The van der Waals surface area contributed by atoms with E-state index in [0.717, 1.165) is 0 Å². The Morgan fingerprint density at radius 1 is 1.53 bits per heavy atom. The summed E-state index contributed by atoms with van der Waals surface area (Å²) in [6.07, 6.45) is 1.44. The molecule has 104 valence electrons. The minimum atomic E-state index is -3.80. The Bertz CT molecular complexity index is 586. The molecule has 0 aliphatic rings. The van der Waals surface area contributed by atoms with Gasteiger partial charge in [0, 0.05) is 26.2 Å². The number of pyridine rings is 1. The average molecular weight is 302 g/mol. The highest BCUT2D eigenvalue weighted by atomic mass is 32.2. The lowest BCUT2D eigenvalue weighted by atomic mass is 10.3. The van der Waals surface area contributed by atoms with Crippen LogP contribution in [0.25, 0.3) is 0 Å². The molecular formula is C10H14N4O3S2. The fourth-order valence-electron chi connectivity index (χ4n) is 1.29. The van der Waals surface area contributed by atoms with Crippen LogP contribution in [0.15, 0.2) is 23.2 Å². The lowest BCUT2D eigenvalue weighted by Gasteiger charge is -2.09. The van der Waals surface area contributed by atoms with Crippen molar-refractivity contribution in [3.8, 4) is 0 Å². The van der Waals surface area contributed by atoms with Crippen molar-refractivity contribution in [1.82, 2.24) is 15.0 Å². The van der Waals surface area contributed by atoms with Gasteiger partial charge in [-0.25, -0.2) is 13.1 Å². The van der Waals surface area contributed by atoms with Crippen LogP contribution in [0, 0.1) is 0 Å². The first kappa shape index (κ1) is 15.5. The molecule has 1 heterocycles. The van der Waals surface area contributed by atoms with Gasteiger partial charge in [-0.2, -0.15) is 0 Å². The SMILES string of the molecule is CNC(=O)CCNS(=O)(=O)c1cccnc1C(N)=S. The van der Waals surface area contributed by atoms with E-state index in [1.165, 1.54) is 25.4 Å². The molecule has 0 aliphatic heterocycles. The summed E-state index contributed by atoms with van der Waals surface area (Å²) in [4.78, 5) is 14.6. The van der Waals surface area contributed by atoms with E-state index in [-0.39, 0.29) is 34.5 Å². The van der Waals surface area contributed by atoms with Crippen LogP contribution in [0.4, 0.5) is 0 Å². The molecule has 9 heteroatoms. The van der Waals surface area contributed by atoms with Crippen molar-refractivity contribution in [3.05, 3.63) is 24.0 Å². The third kappa shape index (κ3) is 4.23. The maximum atomic E-state index is 12.0. The number of carbonyl (C=O) groups is 1. The molecule has 1 aromatic heterocycles. The molecular weight excluding hydrogens is 288 g/mol. The summed E-state index contributed by atoms with van der Waals surface area (Å²) < 4.78 is 26.4. The number of nitrogens with one attached hydrogen (secondary N) is 2. The van der Waals surface area contributed by atoms with Crippen molar-refractivity contribution in [1.29, 1.82) is 0 Å². The van der Waals surface area contributed by atoms with Gasteiger partial charge in [0.2, 0.25) is 15.9 Å². The van der Waals surface area contributed by atoms with Crippen molar-refractivity contribution in [2.75, 3.05) is 13.6 Å². The summed E-state index contributed by atoms with van der Waals surface area (Å²) in [6.45, 7) is -0.0202. The normalized spacial score (nSPS) is 11.0. The monoisotopic (exact) mass is 302 g/mol. The molecule has 0 radical (unpaired) electrons. The molecule has 0 saturated heterocycles. The van der Waals surface area contributed by atoms with Gasteiger partial charge in [-0.05, 0) is 12.1 Å². The van der Waals surface area contributed by atoms with Crippen LogP contribution in [0.5, 0.6) is 0 Å². The fraction of sp³-hybridized carbons (Fsp3) is 0.300. The van der Waals surface area contributed by atoms with Gasteiger partial charge in [-0.15, -0.1) is 0 Å². The van der Waals surface area contributed by atoms with Gasteiger partial charge < -0.3 is 11.1 Å². The van der Waals surface area contributed by atoms with Crippen molar-refractivity contribution < 1.29 is 13.2 Å². The molecule has 4 N–H and O–H groups in total. The molecule has 19 heavy (non-hydrogen) atoms. The lowest BCUT2D eigenvalue weighted by Crippen LogP contribution is -2.31. The van der Waals surface area contributed by atoms with Crippen molar-refractivity contribution in [3.63, 3.8) is 0 Å². The molecule has 1 aromatic rings. The standard InChI is InChI=1S/C10H14N4O3S2/c1-12-8(15)4-6-14-19(16,17)7-3-2-5-13-9(7)10(11)18/h2-3,5,14H,4,6H2,1H3,(H2,11,18)(H,12,15). The summed E-state index contributed by atoms with van der Waals surface area (Å²) in [5.41, 5.74) is 5.45. The Hall–Kier alpha value is -1.58. The third-order valence-electron chi connectivity index (χ3n) is 2.22. The predicted octanol–water partition coefficient (Wildman–Crippen LogP) is -0.870. The van der Waals surface area contributed by atoms with Crippen LogP contribution in [0.3, 0.4) is 0 Å². The van der Waals surface area contributed by atoms with E-state index in [0.29, 0.717) is 0 Å². The predicted molar refractivity (Wildman–Crippen MR) is 74.0 cm³/mol. The third-order valence-corrected chi connectivity index (χ3v) is 3.90. The minimum absolute atomic E-state index is 0.0202. The molecule has 0 atom stereocenters. The van der Waals surface area contributed by atoms with E-state index in [9.17, 15) is 13.2 Å². The summed E-state index contributed by atoms with van der Waals surface area (Å²) >= 11 is 4.75. The van der Waals surface area contributed by atoms with Crippen LogP contribution in [-0.4, -0.2) is 37.9 Å². The van der Waals surface area contributed by atoms with Crippen molar-refractivity contribution >= 4 is 33.1 Å². The molecule has 0 unspecified atom stereocenters. The molecule has 0 spiro atoms. The summed E-state index contributed by atoms with van der Waals surface area (Å²) in [5.74, 6) is -0.261. The van der Waals surface area contributed by atoms with Crippen molar-refractivity contribution in [2.45, 2.75) is 11.3 Å². The highest BCUT2D eigenvalue weighted by Gasteiger charge is 2.20. The largest absolute Gasteiger partial charge is 0.388 e. The van der Waals surface area contributed by atoms with E-state index < -0.39 is 10.0 Å². The summed E-state index contributed by atoms with van der Waals surface area (Å²) in [5, 5.41) is 2.39. The number of nitrogens with zero attached hydrogens (tertiary/aromatic N) is 1. The maximum Gasteiger partial charge on any atom is 0.242 e. The van der Waals surface area contributed by atoms with E-state index in [2.05, 4.69) is 15.0 Å². The minimum Gasteiger partial charge on any atom is -0.388 e. The van der Waals surface area contributed by atoms with Gasteiger partial charge in [-0.1, -0.05) is 12.2 Å². The second-order valence-corrected chi connectivity index (χ2v) is 5.71. The fourth-order valence-corrected chi connectivity index (χ4v) is 2.72. The van der Waals surface area contributed by atoms with Crippen LogP contribution < -0.4 is 15.8 Å².